The molecule has 0 saturated carbocycles. The van der Waals surface area contributed by atoms with Gasteiger partial charge in [0.25, 0.3) is 0 Å². The molecule has 17 heavy (non-hydrogen) atoms. The van der Waals surface area contributed by atoms with E-state index in [0.29, 0.717) is 6.54 Å². The van der Waals surface area contributed by atoms with Crippen molar-refractivity contribution in [3.63, 3.8) is 0 Å². The molecule has 0 aliphatic carbocycles. The zero-order chi connectivity index (χ0) is 12.7. The molecular weight excluding hydrogens is 212 g/mol. The Hall–Kier alpha value is -1.35. The first kappa shape index (κ1) is 13.7. The van der Waals surface area contributed by atoms with Gasteiger partial charge in [-0.1, -0.05) is 36.8 Å². The molecule has 1 amide bonds. The van der Waals surface area contributed by atoms with Crippen LogP contribution in [0.25, 0.3) is 0 Å². The first-order chi connectivity index (χ1) is 8.13. The molecule has 3 nitrogen and oxygen atoms in total. The monoisotopic (exact) mass is 234 g/mol. The molecule has 0 radical (unpaired) electrons. The van der Waals surface area contributed by atoms with Crippen molar-refractivity contribution in [3.8, 4) is 0 Å². The maximum atomic E-state index is 11.6. The number of amides is 1. The van der Waals surface area contributed by atoms with Gasteiger partial charge in [0.05, 0.1) is 0 Å². The fraction of sp³-hybridized carbons (Fsp3) is 0.500. The van der Waals surface area contributed by atoms with Crippen LogP contribution in [-0.4, -0.2) is 26.0 Å². The Morgan fingerprint density at radius 2 is 2.18 bits per heavy atom. The van der Waals surface area contributed by atoms with Crippen LogP contribution in [-0.2, 0) is 11.2 Å². The minimum Gasteiger partial charge on any atom is -0.355 e. The van der Waals surface area contributed by atoms with Gasteiger partial charge < -0.3 is 10.6 Å². The van der Waals surface area contributed by atoms with E-state index in [1.165, 1.54) is 11.1 Å². The Bertz CT molecular complexity index is 363. The zero-order valence-electron chi connectivity index (χ0n) is 10.9. The number of nitrogens with one attached hydrogen (secondary N) is 2. The summed E-state index contributed by atoms with van der Waals surface area (Å²) in [6.45, 7) is 5.43. The highest BCUT2D eigenvalue weighted by molar-refractivity contribution is 5.78. The van der Waals surface area contributed by atoms with E-state index in [2.05, 4.69) is 41.8 Å². The van der Waals surface area contributed by atoms with Gasteiger partial charge in [-0.3, -0.25) is 4.79 Å². The van der Waals surface area contributed by atoms with Crippen LogP contribution in [0.3, 0.4) is 0 Å². The van der Waals surface area contributed by atoms with Crippen LogP contribution in [0.5, 0.6) is 0 Å². The predicted molar refractivity (Wildman–Crippen MR) is 71.0 cm³/mol. The third-order valence-corrected chi connectivity index (χ3v) is 2.75. The molecule has 1 aromatic carbocycles. The van der Waals surface area contributed by atoms with Crippen LogP contribution in [0.1, 0.15) is 18.1 Å². The molecule has 0 aliphatic heterocycles. The number of aryl methyl sites for hydroxylation is 1. The van der Waals surface area contributed by atoms with Gasteiger partial charge in [0.1, 0.15) is 0 Å². The quantitative estimate of drug-likeness (QED) is 0.783. The normalized spacial score (nSPS) is 12.2. The first-order valence-corrected chi connectivity index (χ1v) is 6.11. The summed E-state index contributed by atoms with van der Waals surface area (Å²) in [4.78, 5) is 11.6. The van der Waals surface area contributed by atoms with E-state index in [-0.39, 0.29) is 11.8 Å². The Labute approximate surface area is 104 Å². The van der Waals surface area contributed by atoms with Gasteiger partial charge in [-0.05, 0) is 26.0 Å². The van der Waals surface area contributed by atoms with Gasteiger partial charge >= 0.3 is 0 Å². The molecule has 0 heterocycles. The van der Waals surface area contributed by atoms with Crippen LogP contribution in [0, 0.1) is 12.8 Å². The summed E-state index contributed by atoms with van der Waals surface area (Å²) in [6, 6.07) is 8.38. The average Bonchev–Trinajstić information content (AvgIpc) is 2.29. The molecule has 1 aromatic rings. The van der Waals surface area contributed by atoms with Gasteiger partial charge in [0, 0.05) is 19.0 Å². The summed E-state index contributed by atoms with van der Waals surface area (Å²) in [5, 5.41) is 5.96. The van der Waals surface area contributed by atoms with E-state index >= 15 is 0 Å². The zero-order valence-corrected chi connectivity index (χ0v) is 10.9. The lowest BCUT2D eigenvalue weighted by Crippen LogP contribution is -2.35. The summed E-state index contributed by atoms with van der Waals surface area (Å²) in [7, 11) is 1.86. The fourth-order valence-electron chi connectivity index (χ4n) is 1.77. The summed E-state index contributed by atoms with van der Waals surface area (Å²) < 4.78 is 0. The fourth-order valence-corrected chi connectivity index (χ4v) is 1.77. The first-order valence-electron chi connectivity index (χ1n) is 6.11. The highest BCUT2D eigenvalue weighted by atomic mass is 16.1. The molecular formula is C14H22N2O. The number of rotatable bonds is 6. The lowest BCUT2D eigenvalue weighted by molar-refractivity contribution is -0.124. The Morgan fingerprint density at radius 3 is 2.82 bits per heavy atom. The summed E-state index contributed by atoms with van der Waals surface area (Å²) in [6.07, 6.45) is 0.889. The summed E-state index contributed by atoms with van der Waals surface area (Å²) in [5.74, 6) is 0.143. The molecule has 2 N–H and O–H groups in total. The molecule has 1 atom stereocenters. The van der Waals surface area contributed by atoms with Crippen LogP contribution in [0.2, 0.25) is 0 Å². The topological polar surface area (TPSA) is 41.1 Å². The van der Waals surface area contributed by atoms with Crippen LogP contribution in [0.15, 0.2) is 24.3 Å². The van der Waals surface area contributed by atoms with Crippen LogP contribution >= 0.6 is 0 Å². The van der Waals surface area contributed by atoms with E-state index in [0.717, 1.165) is 13.0 Å². The summed E-state index contributed by atoms with van der Waals surface area (Å²) >= 11 is 0. The largest absolute Gasteiger partial charge is 0.355 e. The molecule has 0 aromatic heterocycles. The minimum absolute atomic E-state index is 0.0255. The van der Waals surface area contributed by atoms with Crippen molar-refractivity contribution in [2.45, 2.75) is 20.3 Å². The molecule has 3 heteroatoms. The van der Waals surface area contributed by atoms with Crippen molar-refractivity contribution in [2.75, 3.05) is 20.1 Å². The van der Waals surface area contributed by atoms with Crippen molar-refractivity contribution in [1.29, 1.82) is 0 Å². The Balaban J connectivity index is 2.30. The maximum Gasteiger partial charge on any atom is 0.224 e. The van der Waals surface area contributed by atoms with Crippen molar-refractivity contribution >= 4 is 5.91 Å². The number of hydrogen-bond acceptors (Lipinski definition) is 2. The lowest BCUT2D eigenvalue weighted by atomic mass is 10.1. The molecule has 0 fully saturated rings. The lowest BCUT2D eigenvalue weighted by Gasteiger charge is -2.11. The highest BCUT2D eigenvalue weighted by Gasteiger charge is 2.10. The van der Waals surface area contributed by atoms with Gasteiger partial charge in [0.2, 0.25) is 5.91 Å². The molecule has 0 bridgehead atoms. The standard InChI is InChI=1S/C14H22N2O/c1-11-5-4-6-13(9-11)7-8-16-14(17)12(2)10-15-3/h4-6,9,12,15H,7-8,10H2,1-3H3,(H,16,17)/t12-/m1/s1. The van der Waals surface area contributed by atoms with Crippen molar-refractivity contribution in [3.05, 3.63) is 35.4 Å². The second kappa shape index (κ2) is 7.07. The molecule has 1 rings (SSSR count). The van der Waals surface area contributed by atoms with Crippen molar-refractivity contribution in [1.82, 2.24) is 10.6 Å². The van der Waals surface area contributed by atoms with E-state index in [1.807, 2.05) is 14.0 Å². The maximum absolute atomic E-state index is 11.6. The van der Waals surface area contributed by atoms with Gasteiger partial charge in [0.15, 0.2) is 0 Å². The number of carbonyl (C=O) groups excluding carboxylic acids is 1. The average molecular weight is 234 g/mol. The third kappa shape index (κ3) is 5.00. The smallest absolute Gasteiger partial charge is 0.224 e. The second-order valence-electron chi connectivity index (χ2n) is 4.49. The minimum atomic E-state index is 0.0255. The summed E-state index contributed by atoms with van der Waals surface area (Å²) in [5.41, 5.74) is 2.53. The van der Waals surface area contributed by atoms with E-state index in [4.69, 9.17) is 0 Å². The highest BCUT2D eigenvalue weighted by Crippen LogP contribution is 2.04. The predicted octanol–water partition coefficient (Wildman–Crippen LogP) is 1.51. The van der Waals surface area contributed by atoms with Crippen LogP contribution < -0.4 is 10.6 Å². The van der Waals surface area contributed by atoms with E-state index < -0.39 is 0 Å². The molecule has 0 aliphatic rings. The Morgan fingerprint density at radius 1 is 1.41 bits per heavy atom. The van der Waals surface area contributed by atoms with Crippen molar-refractivity contribution < 1.29 is 4.79 Å². The van der Waals surface area contributed by atoms with E-state index in [1.54, 1.807) is 0 Å². The molecule has 0 unspecified atom stereocenters. The van der Waals surface area contributed by atoms with Crippen LogP contribution in [0.4, 0.5) is 0 Å². The van der Waals surface area contributed by atoms with Gasteiger partial charge in [-0.25, -0.2) is 0 Å². The molecule has 94 valence electrons. The second-order valence-corrected chi connectivity index (χ2v) is 4.49. The van der Waals surface area contributed by atoms with Crippen molar-refractivity contribution in [2.24, 2.45) is 5.92 Å². The number of carbonyl (C=O) groups is 1. The molecule has 0 saturated heterocycles. The van der Waals surface area contributed by atoms with Gasteiger partial charge in [-0.15, -0.1) is 0 Å². The third-order valence-electron chi connectivity index (χ3n) is 2.75. The Kier molecular flexibility index (Phi) is 5.70. The SMILES string of the molecule is CNC[C@@H](C)C(=O)NCCc1cccc(C)c1. The molecule has 0 spiro atoms. The van der Waals surface area contributed by atoms with E-state index in [9.17, 15) is 4.79 Å². The number of benzene rings is 1. The number of hydrogen-bond donors (Lipinski definition) is 2. The van der Waals surface area contributed by atoms with Gasteiger partial charge in [-0.2, -0.15) is 0 Å².